The summed E-state index contributed by atoms with van der Waals surface area (Å²) in [5.41, 5.74) is 1.39. The van der Waals surface area contributed by atoms with Crippen LogP contribution in [0, 0.1) is 18.8 Å². The smallest absolute Gasteiger partial charge is 0.242 e. The zero-order valence-corrected chi connectivity index (χ0v) is 12.7. The Bertz CT molecular complexity index is 652. The van der Waals surface area contributed by atoms with Crippen LogP contribution in [0.3, 0.4) is 0 Å². The van der Waals surface area contributed by atoms with Crippen molar-refractivity contribution in [1.82, 2.24) is 4.72 Å². The van der Waals surface area contributed by atoms with Gasteiger partial charge in [-0.3, -0.25) is 0 Å². The van der Waals surface area contributed by atoms with E-state index < -0.39 is 10.0 Å². The van der Waals surface area contributed by atoms with Crippen molar-refractivity contribution < 1.29 is 18.3 Å². The van der Waals surface area contributed by atoms with Crippen LogP contribution in [0.2, 0.25) is 0 Å². The second-order valence-electron chi connectivity index (χ2n) is 4.96. The molecule has 1 aromatic rings. The van der Waals surface area contributed by atoms with E-state index in [1.165, 1.54) is 0 Å². The highest BCUT2D eigenvalue weighted by Crippen LogP contribution is 2.18. The predicted molar refractivity (Wildman–Crippen MR) is 79.3 cm³/mol. The minimum atomic E-state index is -3.62. The molecule has 2 rings (SSSR count). The average molecular weight is 309 g/mol. The number of sulfonamides is 1. The second-order valence-corrected chi connectivity index (χ2v) is 6.64. The molecule has 1 fully saturated rings. The highest BCUT2D eigenvalue weighted by atomic mass is 32.2. The van der Waals surface area contributed by atoms with E-state index in [9.17, 15) is 8.42 Å². The predicted octanol–water partition coefficient (Wildman–Crippen LogP) is 0.796. The molecule has 114 valence electrons. The molecule has 6 heteroatoms. The summed E-state index contributed by atoms with van der Waals surface area (Å²) in [4.78, 5) is 0.172. The molecule has 0 aliphatic carbocycles. The molecular weight excluding hydrogens is 290 g/mol. The molecule has 1 aliphatic rings. The molecule has 1 aliphatic heterocycles. The van der Waals surface area contributed by atoms with Crippen molar-refractivity contribution in [2.45, 2.75) is 30.7 Å². The molecule has 1 aromatic carbocycles. The van der Waals surface area contributed by atoms with Crippen LogP contribution in [-0.4, -0.2) is 39.4 Å². The molecule has 0 aromatic heterocycles. The SMILES string of the molecule is Cc1ccc(S(=O)(=O)NC2CCOC2)c(C#CCCO)c1. The Hall–Kier alpha value is -1.39. The van der Waals surface area contributed by atoms with Gasteiger partial charge >= 0.3 is 0 Å². The zero-order chi connectivity index (χ0) is 15.3. The van der Waals surface area contributed by atoms with Gasteiger partial charge in [-0.05, 0) is 31.0 Å². The number of aryl methyl sites for hydroxylation is 1. The average Bonchev–Trinajstić information content (AvgIpc) is 2.91. The largest absolute Gasteiger partial charge is 0.395 e. The van der Waals surface area contributed by atoms with E-state index in [1.807, 2.05) is 6.92 Å². The maximum Gasteiger partial charge on any atom is 0.242 e. The second kappa shape index (κ2) is 7.05. The number of benzene rings is 1. The van der Waals surface area contributed by atoms with Crippen LogP contribution in [-0.2, 0) is 14.8 Å². The summed E-state index contributed by atoms with van der Waals surface area (Å²) < 4.78 is 32.8. The molecule has 0 amide bonds. The maximum absolute atomic E-state index is 12.5. The van der Waals surface area contributed by atoms with Gasteiger partial charge in [-0.15, -0.1) is 0 Å². The van der Waals surface area contributed by atoms with Crippen molar-refractivity contribution in [2.24, 2.45) is 0 Å². The van der Waals surface area contributed by atoms with Crippen LogP contribution in [0.5, 0.6) is 0 Å². The third kappa shape index (κ3) is 4.29. The Morgan fingerprint density at radius 3 is 2.95 bits per heavy atom. The topological polar surface area (TPSA) is 75.6 Å². The van der Waals surface area contributed by atoms with Crippen LogP contribution >= 0.6 is 0 Å². The molecule has 21 heavy (non-hydrogen) atoms. The number of hydrogen-bond acceptors (Lipinski definition) is 4. The van der Waals surface area contributed by atoms with E-state index in [1.54, 1.807) is 18.2 Å². The van der Waals surface area contributed by atoms with Crippen molar-refractivity contribution >= 4 is 10.0 Å². The molecular formula is C15H19NO4S. The van der Waals surface area contributed by atoms with E-state index in [-0.39, 0.29) is 17.5 Å². The highest BCUT2D eigenvalue weighted by Gasteiger charge is 2.25. The molecule has 1 atom stereocenters. The Morgan fingerprint density at radius 1 is 1.48 bits per heavy atom. The Kier molecular flexibility index (Phi) is 5.37. The number of nitrogens with one attached hydrogen (secondary N) is 1. The van der Waals surface area contributed by atoms with Gasteiger partial charge in [0.1, 0.15) is 0 Å². The molecule has 2 N–H and O–H groups in total. The molecule has 5 nitrogen and oxygen atoms in total. The fourth-order valence-corrected chi connectivity index (χ4v) is 3.50. The number of hydrogen-bond donors (Lipinski definition) is 2. The molecule has 1 heterocycles. The summed E-state index contributed by atoms with van der Waals surface area (Å²) in [6, 6.07) is 4.87. The van der Waals surface area contributed by atoms with E-state index in [0.29, 0.717) is 31.6 Å². The van der Waals surface area contributed by atoms with Gasteiger partial charge in [0.2, 0.25) is 10.0 Å². The minimum Gasteiger partial charge on any atom is -0.395 e. The fraction of sp³-hybridized carbons (Fsp3) is 0.467. The van der Waals surface area contributed by atoms with Crippen molar-refractivity contribution in [3.05, 3.63) is 29.3 Å². The van der Waals surface area contributed by atoms with Crippen LogP contribution < -0.4 is 4.72 Å². The Balaban J connectivity index is 2.31. The quantitative estimate of drug-likeness (QED) is 0.807. The summed E-state index contributed by atoms with van der Waals surface area (Å²) in [5, 5.41) is 8.77. The molecule has 0 bridgehead atoms. The lowest BCUT2D eigenvalue weighted by Gasteiger charge is -2.13. The number of aliphatic hydroxyl groups excluding tert-OH is 1. The molecule has 1 unspecified atom stereocenters. The first-order chi connectivity index (χ1) is 10.0. The molecule has 0 spiro atoms. The molecule has 1 saturated heterocycles. The van der Waals surface area contributed by atoms with Crippen molar-refractivity contribution in [3.63, 3.8) is 0 Å². The Morgan fingerprint density at radius 2 is 2.29 bits per heavy atom. The van der Waals surface area contributed by atoms with E-state index in [2.05, 4.69) is 16.6 Å². The van der Waals surface area contributed by atoms with E-state index >= 15 is 0 Å². The maximum atomic E-state index is 12.5. The number of aliphatic hydroxyl groups is 1. The summed E-state index contributed by atoms with van der Waals surface area (Å²) >= 11 is 0. The highest BCUT2D eigenvalue weighted by molar-refractivity contribution is 7.89. The molecule has 0 saturated carbocycles. The van der Waals surface area contributed by atoms with Gasteiger partial charge < -0.3 is 9.84 Å². The third-order valence-corrected chi connectivity index (χ3v) is 4.71. The van der Waals surface area contributed by atoms with Crippen LogP contribution in [0.25, 0.3) is 0 Å². The van der Waals surface area contributed by atoms with Gasteiger partial charge in [0, 0.05) is 24.6 Å². The first-order valence-corrected chi connectivity index (χ1v) is 8.32. The molecule has 0 radical (unpaired) electrons. The first-order valence-electron chi connectivity index (χ1n) is 6.83. The van der Waals surface area contributed by atoms with Gasteiger partial charge in [0.05, 0.1) is 18.1 Å². The van der Waals surface area contributed by atoms with Crippen molar-refractivity contribution in [3.8, 4) is 11.8 Å². The van der Waals surface area contributed by atoms with Gasteiger partial charge in [-0.1, -0.05) is 17.9 Å². The lowest BCUT2D eigenvalue weighted by atomic mass is 10.1. The van der Waals surface area contributed by atoms with Gasteiger partial charge in [-0.2, -0.15) is 0 Å². The van der Waals surface area contributed by atoms with Crippen LogP contribution in [0.1, 0.15) is 24.0 Å². The van der Waals surface area contributed by atoms with Gasteiger partial charge in [-0.25, -0.2) is 13.1 Å². The summed E-state index contributed by atoms with van der Waals surface area (Å²) in [7, 11) is -3.62. The fourth-order valence-electron chi connectivity index (χ4n) is 2.10. The lowest BCUT2D eigenvalue weighted by molar-refractivity contribution is 0.192. The van der Waals surface area contributed by atoms with E-state index in [0.717, 1.165) is 5.56 Å². The standard InChI is InChI=1S/C15H19NO4S/c1-12-5-6-15(13(10-12)4-2-3-8-17)21(18,19)16-14-7-9-20-11-14/h5-6,10,14,16-17H,3,7-9,11H2,1H3. The monoisotopic (exact) mass is 309 g/mol. The Labute approximate surface area is 125 Å². The van der Waals surface area contributed by atoms with E-state index in [4.69, 9.17) is 9.84 Å². The summed E-state index contributed by atoms with van der Waals surface area (Å²) in [6.07, 6.45) is 0.994. The van der Waals surface area contributed by atoms with Gasteiger partial charge in [0.25, 0.3) is 0 Å². The zero-order valence-electron chi connectivity index (χ0n) is 11.9. The lowest BCUT2D eigenvalue weighted by Crippen LogP contribution is -2.35. The van der Waals surface area contributed by atoms with Gasteiger partial charge in [0.15, 0.2) is 0 Å². The number of ether oxygens (including phenoxy) is 1. The summed E-state index contributed by atoms with van der Waals surface area (Å²) in [5.74, 6) is 5.59. The van der Waals surface area contributed by atoms with Crippen LogP contribution in [0.4, 0.5) is 0 Å². The first kappa shape index (κ1) is 16.0. The van der Waals surface area contributed by atoms with Crippen LogP contribution in [0.15, 0.2) is 23.1 Å². The normalized spacial score (nSPS) is 18.3. The van der Waals surface area contributed by atoms with Crippen molar-refractivity contribution in [1.29, 1.82) is 0 Å². The minimum absolute atomic E-state index is 0.0431. The van der Waals surface area contributed by atoms with Crippen molar-refractivity contribution in [2.75, 3.05) is 19.8 Å². The number of rotatable bonds is 4. The third-order valence-electron chi connectivity index (χ3n) is 3.14. The summed E-state index contributed by atoms with van der Waals surface area (Å²) in [6.45, 7) is 2.81.